The van der Waals surface area contributed by atoms with Gasteiger partial charge in [-0.2, -0.15) is 10.2 Å². The SMILES string of the molecule is Clc1ccccc1CN(CCn1cncn1)CCn1cncn1. The van der Waals surface area contributed by atoms with E-state index >= 15 is 0 Å². The molecule has 2 heterocycles. The largest absolute Gasteiger partial charge is 0.295 e. The lowest BCUT2D eigenvalue weighted by atomic mass is 10.2. The van der Waals surface area contributed by atoms with E-state index in [0.29, 0.717) is 0 Å². The highest BCUT2D eigenvalue weighted by molar-refractivity contribution is 6.31. The van der Waals surface area contributed by atoms with Crippen LogP contribution in [0, 0.1) is 0 Å². The first-order chi connectivity index (χ1) is 11.3. The fourth-order valence-corrected chi connectivity index (χ4v) is 2.52. The fourth-order valence-electron chi connectivity index (χ4n) is 2.32. The molecule has 3 aromatic rings. The summed E-state index contributed by atoms with van der Waals surface area (Å²) in [5.41, 5.74) is 1.12. The van der Waals surface area contributed by atoms with E-state index in [1.165, 1.54) is 0 Å². The van der Waals surface area contributed by atoms with Crippen LogP contribution in [-0.2, 0) is 19.6 Å². The zero-order valence-corrected chi connectivity index (χ0v) is 13.4. The van der Waals surface area contributed by atoms with Crippen molar-refractivity contribution in [3.63, 3.8) is 0 Å². The summed E-state index contributed by atoms with van der Waals surface area (Å²) in [5.74, 6) is 0. The highest BCUT2D eigenvalue weighted by atomic mass is 35.5. The van der Waals surface area contributed by atoms with Gasteiger partial charge in [-0.1, -0.05) is 29.8 Å². The number of aromatic nitrogens is 6. The number of hydrogen-bond donors (Lipinski definition) is 0. The van der Waals surface area contributed by atoms with Gasteiger partial charge in [0.25, 0.3) is 0 Å². The molecule has 2 aromatic heterocycles. The molecular weight excluding hydrogens is 314 g/mol. The van der Waals surface area contributed by atoms with Crippen molar-refractivity contribution in [3.8, 4) is 0 Å². The van der Waals surface area contributed by atoms with Gasteiger partial charge >= 0.3 is 0 Å². The molecule has 0 aliphatic heterocycles. The van der Waals surface area contributed by atoms with Crippen molar-refractivity contribution in [3.05, 3.63) is 60.2 Å². The van der Waals surface area contributed by atoms with Gasteiger partial charge in [0, 0.05) is 24.7 Å². The smallest absolute Gasteiger partial charge is 0.137 e. The van der Waals surface area contributed by atoms with Crippen LogP contribution in [0.15, 0.2) is 49.6 Å². The minimum atomic E-state index is 0.780. The van der Waals surface area contributed by atoms with Crippen LogP contribution in [0.4, 0.5) is 0 Å². The first kappa shape index (κ1) is 15.6. The predicted octanol–water partition coefficient (Wildman–Crippen LogP) is 1.73. The van der Waals surface area contributed by atoms with Gasteiger partial charge in [0.2, 0.25) is 0 Å². The Balaban J connectivity index is 1.63. The van der Waals surface area contributed by atoms with Crippen molar-refractivity contribution < 1.29 is 0 Å². The number of nitrogens with zero attached hydrogens (tertiary/aromatic N) is 7. The summed E-state index contributed by atoms with van der Waals surface area (Å²) < 4.78 is 3.66. The maximum Gasteiger partial charge on any atom is 0.137 e. The molecule has 0 radical (unpaired) electrons. The van der Waals surface area contributed by atoms with E-state index in [1.807, 2.05) is 27.6 Å². The van der Waals surface area contributed by atoms with E-state index in [4.69, 9.17) is 11.6 Å². The third-order valence-electron chi connectivity index (χ3n) is 3.58. The Morgan fingerprint density at radius 1 is 0.913 bits per heavy atom. The van der Waals surface area contributed by atoms with Crippen molar-refractivity contribution in [1.29, 1.82) is 0 Å². The molecule has 0 unspecified atom stereocenters. The third-order valence-corrected chi connectivity index (χ3v) is 3.94. The summed E-state index contributed by atoms with van der Waals surface area (Å²) in [4.78, 5) is 10.3. The highest BCUT2D eigenvalue weighted by Crippen LogP contribution is 2.17. The van der Waals surface area contributed by atoms with Gasteiger partial charge in [0.15, 0.2) is 0 Å². The molecule has 120 valence electrons. The van der Waals surface area contributed by atoms with Crippen molar-refractivity contribution in [1.82, 2.24) is 34.4 Å². The normalized spacial score (nSPS) is 11.2. The average molecular weight is 332 g/mol. The van der Waals surface area contributed by atoms with E-state index in [1.54, 1.807) is 25.3 Å². The van der Waals surface area contributed by atoms with Gasteiger partial charge in [-0.3, -0.25) is 14.3 Å². The summed E-state index contributed by atoms with van der Waals surface area (Å²) in [6.07, 6.45) is 6.55. The minimum absolute atomic E-state index is 0.780. The van der Waals surface area contributed by atoms with Crippen LogP contribution in [0.3, 0.4) is 0 Å². The molecule has 0 aliphatic rings. The lowest BCUT2D eigenvalue weighted by Gasteiger charge is -2.22. The predicted molar refractivity (Wildman–Crippen MR) is 86.8 cm³/mol. The molecule has 3 rings (SSSR count). The maximum atomic E-state index is 6.29. The lowest BCUT2D eigenvalue weighted by Crippen LogP contribution is -2.31. The number of hydrogen-bond acceptors (Lipinski definition) is 5. The Labute approximate surface area is 139 Å². The van der Waals surface area contributed by atoms with Crippen molar-refractivity contribution in [2.24, 2.45) is 0 Å². The highest BCUT2D eigenvalue weighted by Gasteiger charge is 2.09. The zero-order valence-electron chi connectivity index (χ0n) is 12.7. The third kappa shape index (κ3) is 4.61. The standard InChI is InChI=1S/C15H18ClN7/c16-15-4-2-1-3-14(15)9-21(5-7-22-12-17-10-19-22)6-8-23-13-18-11-20-23/h1-4,10-13H,5-9H2. The van der Waals surface area contributed by atoms with Crippen LogP contribution >= 0.6 is 11.6 Å². The summed E-state index contributed by atoms with van der Waals surface area (Å²) in [7, 11) is 0. The topological polar surface area (TPSA) is 64.7 Å². The van der Waals surface area contributed by atoms with E-state index in [2.05, 4.69) is 31.1 Å². The Morgan fingerprint density at radius 3 is 2.04 bits per heavy atom. The first-order valence-corrected chi connectivity index (χ1v) is 7.79. The Hall–Kier alpha value is -2.25. The number of benzene rings is 1. The molecule has 0 saturated carbocycles. The van der Waals surface area contributed by atoms with Crippen LogP contribution in [0.1, 0.15) is 5.56 Å². The van der Waals surface area contributed by atoms with Gasteiger partial charge in [-0.15, -0.1) is 0 Å². The molecular formula is C15H18ClN7. The summed E-state index contributed by atoms with van der Waals surface area (Å²) >= 11 is 6.29. The molecule has 0 N–H and O–H groups in total. The lowest BCUT2D eigenvalue weighted by molar-refractivity contribution is 0.237. The second-order valence-corrected chi connectivity index (χ2v) is 5.59. The molecule has 7 nitrogen and oxygen atoms in total. The molecule has 23 heavy (non-hydrogen) atoms. The molecule has 0 amide bonds. The van der Waals surface area contributed by atoms with E-state index in [0.717, 1.165) is 43.3 Å². The number of halogens is 1. The summed E-state index contributed by atoms with van der Waals surface area (Å²) in [6, 6.07) is 7.93. The molecule has 0 aliphatic carbocycles. The van der Waals surface area contributed by atoms with Crippen molar-refractivity contribution >= 4 is 11.6 Å². The molecule has 0 atom stereocenters. The van der Waals surface area contributed by atoms with E-state index < -0.39 is 0 Å². The van der Waals surface area contributed by atoms with Gasteiger partial charge in [-0.05, 0) is 11.6 Å². The molecule has 1 aromatic carbocycles. The van der Waals surface area contributed by atoms with Gasteiger partial charge < -0.3 is 0 Å². The van der Waals surface area contributed by atoms with Crippen LogP contribution in [0.5, 0.6) is 0 Å². The number of rotatable bonds is 8. The zero-order chi connectivity index (χ0) is 15.9. The molecule has 8 heteroatoms. The maximum absolute atomic E-state index is 6.29. The Bertz CT molecular complexity index is 658. The second-order valence-electron chi connectivity index (χ2n) is 5.18. The fraction of sp³-hybridized carbons (Fsp3) is 0.333. The molecule has 0 spiro atoms. The quantitative estimate of drug-likeness (QED) is 0.629. The minimum Gasteiger partial charge on any atom is -0.295 e. The van der Waals surface area contributed by atoms with Crippen LogP contribution < -0.4 is 0 Å². The Kier molecular flexibility index (Phi) is 5.33. The summed E-state index contributed by atoms with van der Waals surface area (Å²) in [5, 5.41) is 9.09. The molecule has 0 bridgehead atoms. The monoisotopic (exact) mass is 331 g/mol. The van der Waals surface area contributed by atoms with Gasteiger partial charge in [-0.25, -0.2) is 9.97 Å². The van der Waals surface area contributed by atoms with Gasteiger partial charge in [0.05, 0.1) is 13.1 Å². The van der Waals surface area contributed by atoms with Crippen LogP contribution in [0.25, 0.3) is 0 Å². The molecule has 0 saturated heterocycles. The van der Waals surface area contributed by atoms with Crippen LogP contribution in [0.2, 0.25) is 5.02 Å². The average Bonchev–Trinajstić information content (AvgIpc) is 3.25. The molecule has 0 fully saturated rings. The van der Waals surface area contributed by atoms with E-state index in [-0.39, 0.29) is 0 Å². The summed E-state index contributed by atoms with van der Waals surface area (Å²) in [6.45, 7) is 4.04. The van der Waals surface area contributed by atoms with E-state index in [9.17, 15) is 0 Å². The van der Waals surface area contributed by atoms with Crippen molar-refractivity contribution in [2.45, 2.75) is 19.6 Å². The Morgan fingerprint density at radius 2 is 1.52 bits per heavy atom. The first-order valence-electron chi connectivity index (χ1n) is 7.42. The van der Waals surface area contributed by atoms with Crippen molar-refractivity contribution in [2.75, 3.05) is 13.1 Å². The second kappa shape index (κ2) is 7.85. The van der Waals surface area contributed by atoms with Crippen LogP contribution in [-0.4, -0.2) is 47.5 Å². The van der Waals surface area contributed by atoms with Gasteiger partial charge in [0.1, 0.15) is 25.3 Å².